The molecule has 0 aliphatic heterocycles. The van der Waals surface area contributed by atoms with Gasteiger partial charge in [0.1, 0.15) is 12.3 Å². The van der Waals surface area contributed by atoms with Crippen molar-refractivity contribution in [1.82, 2.24) is 14.9 Å². The number of amides is 2. The minimum Gasteiger partial charge on any atom is -0.495 e. The van der Waals surface area contributed by atoms with Gasteiger partial charge in [0.15, 0.2) is 5.16 Å². The van der Waals surface area contributed by atoms with Crippen molar-refractivity contribution >= 4 is 40.9 Å². The van der Waals surface area contributed by atoms with Crippen LogP contribution in [0, 0.1) is 5.92 Å². The predicted molar refractivity (Wildman–Crippen MR) is 118 cm³/mol. The van der Waals surface area contributed by atoms with Gasteiger partial charge in [-0.1, -0.05) is 37.2 Å². The fourth-order valence-electron chi connectivity index (χ4n) is 2.60. The number of methoxy groups -OCH3 is 1. The molecule has 0 fully saturated rings. The summed E-state index contributed by atoms with van der Waals surface area (Å²) in [6, 6.07) is 4.95. The van der Waals surface area contributed by atoms with Crippen molar-refractivity contribution in [3.05, 3.63) is 35.1 Å². The molecular weight excluding hydrogens is 428 g/mol. The molecule has 0 bridgehead atoms. The summed E-state index contributed by atoms with van der Waals surface area (Å²) in [5, 5.41) is 16.1. The van der Waals surface area contributed by atoms with Gasteiger partial charge in [-0.3, -0.25) is 9.59 Å². The van der Waals surface area contributed by atoms with Gasteiger partial charge in [-0.2, -0.15) is 0 Å². The Morgan fingerprint density at radius 3 is 2.77 bits per heavy atom. The van der Waals surface area contributed by atoms with Crippen molar-refractivity contribution in [1.29, 1.82) is 0 Å². The highest BCUT2D eigenvalue weighted by molar-refractivity contribution is 7.99. The lowest BCUT2D eigenvalue weighted by molar-refractivity contribution is -0.121. The number of nitrogens with zero attached hydrogens (tertiary/aromatic N) is 2. The minimum atomic E-state index is -0.276. The minimum absolute atomic E-state index is 0.0278. The number of nitrogens with one attached hydrogen (secondary N) is 2. The van der Waals surface area contributed by atoms with E-state index >= 15 is 0 Å². The smallest absolute Gasteiger partial charge is 0.240 e. The number of carbonyl (C=O) groups is 2. The Kier molecular flexibility index (Phi) is 9.48. The van der Waals surface area contributed by atoms with Gasteiger partial charge < -0.3 is 25.0 Å². The number of halogens is 1. The first-order valence-electron chi connectivity index (χ1n) is 9.52. The fraction of sp³-hybridized carbons (Fsp3) is 0.450. The number of ether oxygens (including phenoxy) is 1. The maximum atomic E-state index is 12.4. The molecule has 0 aliphatic carbocycles. The molecule has 0 saturated carbocycles. The van der Waals surface area contributed by atoms with E-state index < -0.39 is 0 Å². The topological polar surface area (TPSA) is 105 Å². The molecule has 0 aliphatic rings. The lowest BCUT2D eigenvalue weighted by Crippen LogP contribution is -2.30. The van der Waals surface area contributed by atoms with Crippen LogP contribution in [0.1, 0.15) is 26.0 Å². The molecule has 1 heterocycles. The zero-order chi connectivity index (χ0) is 22.1. The lowest BCUT2D eigenvalue weighted by Gasteiger charge is -2.12. The molecule has 2 rings (SSSR count). The number of imidazole rings is 1. The third kappa shape index (κ3) is 7.23. The van der Waals surface area contributed by atoms with Gasteiger partial charge in [0, 0.05) is 11.6 Å². The Morgan fingerprint density at radius 2 is 2.10 bits per heavy atom. The van der Waals surface area contributed by atoms with E-state index in [1.807, 2.05) is 0 Å². The molecule has 10 heteroatoms. The van der Waals surface area contributed by atoms with Crippen LogP contribution in [0.3, 0.4) is 0 Å². The molecule has 0 radical (unpaired) electrons. The first kappa shape index (κ1) is 24.0. The second-order valence-corrected chi connectivity index (χ2v) is 8.37. The highest BCUT2D eigenvalue weighted by Gasteiger charge is 2.16. The van der Waals surface area contributed by atoms with Crippen LogP contribution in [-0.4, -0.2) is 45.9 Å². The molecule has 1 aromatic carbocycles. The van der Waals surface area contributed by atoms with Gasteiger partial charge in [0.2, 0.25) is 11.8 Å². The van der Waals surface area contributed by atoms with Gasteiger partial charge in [0.05, 0.1) is 37.0 Å². The van der Waals surface area contributed by atoms with Gasteiger partial charge >= 0.3 is 0 Å². The van der Waals surface area contributed by atoms with E-state index in [2.05, 4.69) is 29.5 Å². The van der Waals surface area contributed by atoms with Crippen LogP contribution < -0.4 is 15.4 Å². The normalized spacial score (nSPS) is 10.9. The summed E-state index contributed by atoms with van der Waals surface area (Å²) in [6.07, 6.45) is 2.39. The second kappa shape index (κ2) is 11.8. The van der Waals surface area contributed by atoms with E-state index in [1.54, 1.807) is 22.8 Å². The van der Waals surface area contributed by atoms with Crippen LogP contribution in [0.15, 0.2) is 29.6 Å². The third-order valence-corrected chi connectivity index (χ3v) is 5.40. The Morgan fingerprint density at radius 1 is 1.33 bits per heavy atom. The molecule has 0 spiro atoms. The molecule has 0 atom stereocenters. The fourth-order valence-corrected chi connectivity index (χ4v) is 3.57. The summed E-state index contributed by atoms with van der Waals surface area (Å²) in [5.41, 5.74) is 0.980. The number of aliphatic hydroxyl groups is 1. The van der Waals surface area contributed by atoms with Crippen LogP contribution in [0.5, 0.6) is 5.75 Å². The van der Waals surface area contributed by atoms with E-state index in [0.29, 0.717) is 39.8 Å². The number of anilines is 1. The molecule has 8 nitrogen and oxygen atoms in total. The average molecular weight is 455 g/mol. The summed E-state index contributed by atoms with van der Waals surface area (Å²) in [5.74, 6) is 0.613. The summed E-state index contributed by atoms with van der Waals surface area (Å²) in [6.45, 7) is 4.54. The van der Waals surface area contributed by atoms with Crippen LogP contribution in [0.25, 0.3) is 0 Å². The second-order valence-electron chi connectivity index (χ2n) is 6.99. The molecule has 0 unspecified atom stereocenters. The van der Waals surface area contributed by atoms with Gasteiger partial charge in [-0.15, -0.1) is 0 Å². The number of aromatic nitrogens is 2. The molecule has 0 saturated heterocycles. The van der Waals surface area contributed by atoms with E-state index in [9.17, 15) is 14.7 Å². The van der Waals surface area contributed by atoms with Crippen LogP contribution in [0.4, 0.5) is 5.69 Å². The zero-order valence-electron chi connectivity index (χ0n) is 17.3. The molecule has 2 aromatic rings. The van der Waals surface area contributed by atoms with Crippen LogP contribution in [0.2, 0.25) is 5.02 Å². The molecular formula is C20H27ClN4O4S. The number of hydrogen-bond donors (Lipinski definition) is 3. The van der Waals surface area contributed by atoms with E-state index in [0.717, 1.165) is 6.42 Å². The molecule has 30 heavy (non-hydrogen) atoms. The summed E-state index contributed by atoms with van der Waals surface area (Å²) in [4.78, 5) is 28.9. The number of rotatable bonds is 11. The maximum Gasteiger partial charge on any atom is 0.240 e. The van der Waals surface area contributed by atoms with E-state index in [1.165, 1.54) is 25.1 Å². The Bertz CT molecular complexity index is 872. The number of thioether (sulfide) groups is 1. The Labute approximate surface area is 185 Å². The Hall–Kier alpha value is -2.23. The first-order valence-corrected chi connectivity index (χ1v) is 10.9. The molecule has 2 amide bonds. The molecule has 3 N–H and O–H groups in total. The van der Waals surface area contributed by atoms with Gasteiger partial charge in [0.25, 0.3) is 0 Å². The number of carbonyl (C=O) groups excluding carboxylic acids is 2. The molecule has 164 valence electrons. The van der Waals surface area contributed by atoms with Crippen molar-refractivity contribution in [3.63, 3.8) is 0 Å². The van der Waals surface area contributed by atoms with Crippen molar-refractivity contribution in [2.75, 3.05) is 24.7 Å². The third-order valence-electron chi connectivity index (χ3n) is 4.18. The largest absolute Gasteiger partial charge is 0.495 e. The number of benzene rings is 1. The highest BCUT2D eigenvalue weighted by atomic mass is 35.5. The lowest BCUT2D eigenvalue weighted by atomic mass is 10.1. The van der Waals surface area contributed by atoms with Crippen molar-refractivity contribution in [2.24, 2.45) is 5.92 Å². The number of aliphatic hydroxyl groups excluding tert-OH is 1. The summed E-state index contributed by atoms with van der Waals surface area (Å²) in [7, 11) is 1.51. The predicted octanol–water partition coefficient (Wildman–Crippen LogP) is 2.93. The van der Waals surface area contributed by atoms with Crippen molar-refractivity contribution < 1.29 is 19.4 Å². The van der Waals surface area contributed by atoms with Crippen molar-refractivity contribution in [2.45, 2.75) is 38.6 Å². The van der Waals surface area contributed by atoms with Gasteiger partial charge in [-0.05, 0) is 30.5 Å². The van der Waals surface area contributed by atoms with Crippen LogP contribution >= 0.6 is 23.4 Å². The quantitative estimate of drug-likeness (QED) is 0.451. The first-order chi connectivity index (χ1) is 14.3. The zero-order valence-corrected chi connectivity index (χ0v) is 18.8. The van der Waals surface area contributed by atoms with Crippen molar-refractivity contribution in [3.8, 4) is 5.75 Å². The summed E-state index contributed by atoms with van der Waals surface area (Å²) < 4.78 is 6.84. The SMILES string of the molecule is COc1ccc(Cl)cc1NC(=O)CSc1ncc(CO)n1CC(=O)NCCC(C)C. The van der Waals surface area contributed by atoms with Gasteiger partial charge in [-0.25, -0.2) is 4.98 Å². The Balaban J connectivity index is 1.98. The molecule has 1 aromatic heterocycles. The monoisotopic (exact) mass is 454 g/mol. The van der Waals surface area contributed by atoms with E-state index in [4.69, 9.17) is 16.3 Å². The van der Waals surface area contributed by atoms with E-state index in [-0.39, 0.29) is 30.7 Å². The maximum absolute atomic E-state index is 12.4. The number of hydrogen-bond acceptors (Lipinski definition) is 6. The summed E-state index contributed by atoms with van der Waals surface area (Å²) >= 11 is 7.16. The average Bonchev–Trinajstić information content (AvgIpc) is 3.07. The standard InChI is InChI=1S/C20H27ClN4O4S/c1-13(2)6-7-22-18(27)10-25-15(11-26)9-23-20(25)30-12-19(28)24-16-8-14(21)4-5-17(16)29-3/h4-5,8-9,13,26H,6-7,10-12H2,1-3H3,(H,22,27)(H,24,28). The van der Waals surface area contributed by atoms with Crippen LogP contribution in [-0.2, 0) is 22.7 Å². The highest BCUT2D eigenvalue weighted by Crippen LogP contribution is 2.28.